The lowest BCUT2D eigenvalue weighted by atomic mass is 9.92. The third-order valence-corrected chi connectivity index (χ3v) is 8.08. The van der Waals surface area contributed by atoms with Crippen molar-refractivity contribution in [3.05, 3.63) is 52.2 Å². The van der Waals surface area contributed by atoms with Crippen LogP contribution in [-0.4, -0.2) is 54.3 Å². The number of aryl methyl sites for hydroxylation is 1. The van der Waals surface area contributed by atoms with Crippen molar-refractivity contribution in [1.29, 1.82) is 0 Å². The van der Waals surface area contributed by atoms with Crippen molar-refractivity contribution in [3.63, 3.8) is 0 Å². The summed E-state index contributed by atoms with van der Waals surface area (Å²) >= 11 is 1.63. The predicted octanol–water partition coefficient (Wildman–Crippen LogP) is 4.73. The summed E-state index contributed by atoms with van der Waals surface area (Å²) in [6.07, 6.45) is 2.36. The standard InChI is InChI=1S/C26H35N3O2S/c1-18(2)27(4)17-20-11-13-28(14-12-20)26(31)22-16-24(30)29(21-9-7-19(3)8-10-21)25(22)23-6-5-15-32-23/h5-10,15,18,20,22,25H,11-14,16-17H2,1-4H3/t22-,25+/m1/s1. The maximum Gasteiger partial charge on any atom is 0.228 e. The number of likely N-dealkylation sites (tertiary alicyclic amines) is 1. The van der Waals surface area contributed by atoms with Crippen LogP contribution in [0.4, 0.5) is 5.69 Å². The number of hydrogen-bond donors (Lipinski definition) is 0. The summed E-state index contributed by atoms with van der Waals surface area (Å²) in [4.78, 5) is 34.2. The van der Waals surface area contributed by atoms with Gasteiger partial charge < -0.3 is 14.7 Å². The number of nitrogens with zero attached hydrogens (tertiary/aromatic N) is 3. The molecule has 0 bridgehead atoms. The van der Waals surface area contributed by atoms with Crippen molar-refractivity contribution in [2.75, 3.05) is 31.6 Å². The first kappa shape index (κ1) is 23.0. The van der Waals surface area contributed by atoms with Gasteiger partial charge in [-0.15, -0.1) is 11.3 Å². The Kier molecular flexibility index (Phi) is 7.01. The normalized spacial score (nSPS) is 22.4. The van der Waals surface area contributed by atoms with E-state index in [1.165, 1.54) is 0 Å². The number of benzene rings is 1. The highest BCUT2D eigenvalue weighted by molar-refractivity contribution is 7.10. The smallest absolute Gasteiger partial charge is 0.228 e. The Hall–Kier alpha value is -2.18. The summed E-state index contributed by atoms with van der Waals surface area (Å²) in [6, 6.07) is 12.4. The molecule has 2 aliphatic heterocycles. The Bertz CT molecular complexity index is 917. The summed E-state index contributed by atoms with van der Waals surface area (Å²) in [5.41, 5.74) is 2.04. The van der Waals surface area contributed by atoms with Crippen LogP contribution in [0.2, 0.25) is 0 Å². The molecule has 0 spiro atoms. The summed E-state index contributed by atoms with van der Waals surface area (Å²) in [7, 11) is 2.18. The zero-order valence-electron chi connectivity index (χ0n) is 19.7. The van der Waals surface area contributed by atoms with E-state index in [2.05, 4.69) is 31.9 Å². The SMILES string of the molecule is Cc1ccc(N2C(=O)C[C@@H](C(=O)N3CCC(CN(C)C(C)C)CC3)[C@H]2c2cccs2)cc1. The molecule has 172 valence electrons. The molecule has 4 rings (SSSR count). The van der Waals surface area contributed by atoms with E-state index in [0.29, 0.717) is 12.0 Å². The third-order valence-electron chi connectivity index (χ3n) is 7.14. The van der Waals surface area contributed by atoms with Gasteiger partial charge in [0.15, 0.2) is 0 Å². The van der Waals surface area contributed by atoms with E-state index < -0.39 is 0 Å². The van der Waals surface area contributed by atoms with E-state index >= 15 is 0 Å². The second-order valence-electron chi connectivity index (χ2n) is 9.67. The van der Waals surface area contributed by atoms with Gasteiger partial charge in [0.25, 0.3) is 0 Å². The second kappa shape index (κ2) is 9.75. The molecule has 2 atom stereocenters. The Morgan fingerprint density at radius 1 is 1.16 bits per heavy atom. The van der Waals surface area contributed by atoms with Crippen LogP contribution in [0.3, 0.4) is 0 Å². The molecular formula is C26H35N3O2S. The van der Waals surface area contributed by atoms with Gasteiger partial charge in [-0.3, -0.25) is 9.59 Å². The lowest BCUT2D eigenvalue weighted by Gasteiger charge is -2.37. The van der Waals surface area contributed by atoms with E-state index in [-0.39, 0.29) is 30.2 Å². The van der Waals surface area contributed by atoms with Crippen LogP contribution >= 0.6 is 11.3 Å². The van der Waals surface area contributed by atoms with E-state index in [1.807, 2.05) is 52.4 Å². The lowest BCUT2D eigenvalue weighted by molar-refractivity contribution is -0.138. The number of piperidine rings is 1. The van der Waals surface area contributed by atoms with E-state index in [9.17, 15) is 9.59 Å². The van der Waals surface area contributed by atoms with Crippen LogP contribution in [0.15, 0.2) is 41.8 Å². The summed E-state index contributed by atoms with van der Waals surface area (Å²) in [6.45, 7) is 9.16. The summed E-state index contributed by atoms with van der Waals surface area (Å²) < 4.78 is 0. The molecule has 6 heteroatoms. The fraction of sp³-hybridized carbons (Fsp3) is 0.538. The average molecular weight is 454 g/mol. The predicted molar refractivity (Wildman–Crippen MR) is 131 cm³/mol. The molecule has 5 nitrogen and oxygen atoms in total. The van der Waals surface area contributed by atoms with E-state index in [1.54, 1.807) is 11.3 Å². The molecule has 0 unspecified atom stereocenters. The van der Waals surface area contributed by atoms with E-state index in [0.717, 1.165) is 48.6 Å². The first-order chi connectivity index (χ1) is 15.3. The maximum absolute atomic E-state index is 13.7. The maximum atomic E-state index is 13.7. The van der Waals surface area contributed by atoms with Crippen LogP contribution < -0.4 is 4.90 Å². The Balaban J connectivity index is 1.50. The Morgan fingerprint density at radius 3 is 2.44 bits per heavy atom. The van der Waals surface area contributed by atoms with Gasteiger partial charge in [0.2, 0.25) is 11.8 Å². The average Bonchev–Trinajstić information content (AvgIpc) is 3.42. The molecule has 0 aliphatic carbocycles. The van der Waals surface area contributed by atoms with Crippen molar-refractivity contribution in [3.8, 4) is 0 Å². The number of rotatable bonds is 6. The molecule has 2 fully saturated rings. The van der Waals surface area contributed by atoms with Gasteiger partial charge in [-0.1, -0.05) is 23.8 Å². The Labute approximate surface area is 196 Å². The molecular weight excluding hydrogens is 418 g/mol. The number of carbonyl (C=O) groups is 2. The quantitative estimate of drug-likeness (QED) is 0.635. The largest absolute Gasteiger partial charge is 0.342 e. The molecule has 2 aliphatic rings. The number of amides is 2. The molecule has 1 aromatic carbocycles. The highest BCUT2D eigenvalue weighted by Gasteiger charge is 2.47. The zero-order chi connectivity index (χ0) is 22.8. The minimum absolute atomic E-state index is 0.0408. The minimum atomic E-state index is -0.322. The van der Waals surface area contributed by atoms with Crippen molar-refractivity contribution < 1.29 is 9.59 Å². The van der Waals surface area contributed by atoms with E-state index in [4.69, 9.17) is 0 Å². The van der Waals surface area contributed by atoms with Crippen LogP contribution in [0.1, 0.15) is 49.6 Å². The lowest BCUT2D eigenvalue weighted by Crippen LogP contribution is -2.45. The summed E-state index contributed by atoms with van der Waals surface area (Å²) in [5.74, 6) is 0.493. The third kappa shape index (κ3) is 4.76. The minimum Gasteiger partial charge on any atom is -0.342 e. The van der Waals surface area contributed by atoms with Gasteiger partial charge in [0.1, 0.15) is 0 Å². The number of hydrogen-bond acceptors (Lipinski definition) is 4. The van der Waals surface area contributed by atoms with Gasteiger partial charge in [0.05, 0.1) is 12.0 Å². The molecule has 2 amide bonds. The molecule has 2 aromatic rings. The fourth-order valence-electron chi connectivity index (χ4n) is 4.94. The van der Waals surface area contributed by atoms with Crippen molar-refractivity contribution in [2.24, 2.45) is 11.8 Å². The van der Waals surface area contributed by atoms with Crippen molar-refractivity contribution >= 4 is 28.8 Å². The monoisotopic (exact) mass is 453 g/mol. The van der Waals surface area contributed by atoms with Crippen molar-refractivity contribution in [2.45, 2.75) is 52.1 Å². The topological polar surface area (TPSA) is 43.9 Å². The summed E-state index contributed by atoms with van der Waals surface area (Å²) in [5, 5.41) is 2.03. The van der Waals surface area contributed by atoms with Crippen molar-refractivity contribution in [1.82, 2.24) is 9.80 Å². The number of anilines is 1. The second-order valence-corrected chi connectivity index (χ2v) is 10.7. The first-order valence-corrected chi connectivity index (χ1v) is 12.6. The van der Waals surface area contributed by atoms with Crippen LogP contribution in [0, 0.1) is 18.8 Å². The number of thiophene rings is 1. The molecule has 32 heavy (non-hydrogen) atoms. The molecule has 2 saturated heterocycles. The van der Waals surface area contributed by atoms with Gasteiger partial charge in [-0.2, -0.15) is 0 Å². The number of carbonyl (C=O) groups excluding carboxylic acids is 2. The molecule has 3 heterocycles. The van der Waals surface area contributed by atoms with Gasteiger partial charge in [-0.05, 0) is 70.2 Å². The fourth-order valence-corrected chi connectivity index (χ4v) is 5.82. The highest BCUT2D eigenvalue weighted by atomic mass is 32.1. The highest BCUT2D eigenvalue weighted by Crippen LogP contribution is 2.44. The molecule has 0 N–H and O–H groups in total. The van der Waals surface area contributed by atoms with Crippen LogP contribution in [0.5, 0.6) is 0 Å². The van der Waals surface area contributed by atoms with Crippen LogP contribution in [0.25, 0.3) is 0 Å². The van der Waals surface area contributed by atoms with Gasteiger partial charge in [-0.25, -0.2) is 0 Å². The van der Waals surface area contributed by atoms with Gasteiger partial charge in [0, 0.05) is 42.7 Å². The Morgan fingerprint density at radius 2 is 1.84 bits per heavy atom. The molecule has 0 saturated carbocycles. The molecule has 1 aromatic heterocycles. The van der Waals surface area contributed by atoms with Gasteiger partial charge >= 0.3 is 0 Å². The zero-order valence-corrected chi connectivity index (χ0v) is 20.5. The molecule has 0 radical (unpaired) electrons. The van der Waals surface area contributed by atoms with Crippen LogP contribution in [-0.2, 0) is 9.59 Å². The first-order valence-electron chi connectivity index (χ1n) is 11.8.